The van der Waals surface area contributed by atoms with Crippen molar-refractivity contribution >= 4 is 11.8 Å². The molecule has 0 heterocycles. The van der Waals surface area contributed by atoms with Crippen LogP contribution < -0.4 is 5.32 Å². The molecular weight excluding hydrogens is 395 g/mol. The van der Waals surface area contributed by atoms with Crippen LogP contribution in [0.4, 0.5) is 4.39 Å². The smallest absolute Gasteiger partial charge is 0.240 e. The average Bonchev–Trinajstić information content (AvgIpc) is 2.67. The van der Waals surface area contributed by atoms with Crippen LogP contribution in [-0.4, -0.2) is 47.3 Å². The van der Waals surface area contributed by atoms with Gasteiger partial charge in [-0.2, -0.15) is 5.26 Å². The van der Waals surface area contributed by atoms with Crippen LogP contribution in [0.15, 0.2) is 48.5 Å². The van der Waals surface area contributed by atoms with Gasteiger partial charge in [-0.25, -0.2) is 4.39 Å². The summed E-state index contributed by atoms with van der Waals surface area (Å²) in [6.07, 6.45) is 0. The summed E-state index contributed by atoms with van der Waals surface area (Å²) in [5.74, 6) is -0.778. The van der Waals surface area contributed by atoms with E-state index in [0.717, 1.165) is 11.1 Å². The topological polar surface area (TPSA) is 76.4 Å². The molecule has 1 N–H and O–H groups in total. The number of carbonyl (C=O) groups is 2. The normalized spacial score (nSPS) is 11.1. The highest BCUT2D eigenvalue weighted by molar-refractivity contribution is 5.85. The molecule has 0 aliphatic heterocycles. The van der Waals surface area contributed by atoms with Crippen LogP contribution in [0, 0.1) is 17.1 Å². The fourth-order valence-electron chi connectivity index (χ4n) is 3.08. The van der Waals surface area contributed by atoms with Gasteiger partial charge in [0, 0.05) is 25.7 Å². The van der Waals surface area contributed by atoms with Crippen molar-refractivity contribution in [2.24, 2.45) is 0 Å². The third-order valence-corrected chi connectivity index (χ3v) is 4.46. The van der Waals surface area contributed by atoms with E-state index in [1.165, 1.54) is 17.0 Å². The van der Waals surface area contributed by atoms with Gasteiger partial charge >= 0.3 is 0 Å². The molecule has 0 unspecified atom stereocenters. The summed E-state index contributed by atoms with van der Waals surface area (Å²) in [6, 6.07) is 15.5. The average molecular weight is 425 g/mol. The summed E-state index contributed by atoms with van der Waals surface area (Å²) in [4.78, 5) is 28.2. The van der Waals surface area contributed by atoms with Crippen LogP contribution in [0.3, 0.4) is 0 Å². The Morgan fingerprint density at radius 1 is 1.03 bits per heavy atom. The molecule has 164 valence electrons. The Labute approximate surface area is 183 Å². The van der Waals surface area contributed by atoms with E-state index in [1.54, 1.807) is 31.3 Å². The van der Waals surface area contributed by atoms with Gasteiger partial charge in [0.1, 0.15) is 5.82 Å². The molecular formula is C24H29FN4O2. The summed E-state index contributed by atoms with van der Waals surface area (Å²) in [5, 5.41) is 11.8. The monoisotopic (exact) mass is 424 g/mol. The van der Waals surface area contributed by atoms with E-state index in [1.807, 2.05) is 37.8 Å². The number of hydrogen-bond donors (Lipinski definition) is 1. The van der Waals surface area contributed by atoms with Crippen molar-refractivity contribution in [2.75, 3.05) is 20.1 Å². The van der Waals surface area contributed by atoms with Crippen LogP contribution in [0.1, 0.15) is 37.5 Å². The maximum Gasteiger partial charge on any atom is 0.240 e. The number of nitriles is 1. The Bertz CT molecular complexity index is 945. The quantitative estimate of drug-likeness (QED) is 0.707. The van der Waals surface area contributed by atoms with Gasteiger partial charge in [-0.1, -0.05) is 24.3 Å². The third-order valence-electron chi connectivity index (χ3n) is 4.46. The summed E-state index contributed by atoms with van der Waals surface area (Å²) in [5.41, 5.74) is 1.85. The summed E-state index contributed by atoms with van der Waals surface area (Å²) >= 11 is 0. The number of benzene rings is 2. The minimum atomic E-state index is -0.375. The number of rotatable bonds is 8. The predicted molar refractivity (Wildman–Crippen MR) is 117 cm³/mol. The molecule has 31 heavy (non-hydrogen) atoms. The summed E-state index contributed by atoms with van der Waals surface area (Å²) < 4.78 is 13.6. The van der Waals surface area contributed by atoms with Gasteiger partial charge in [0.25, 0.3) is 0 Å². The van der Waals surface area contributed by atoms with E-state index in [9.17, 15) is 14.0 Å². The predicted octanol–water partition coefficient (Wildman–Crippen LogP) is 3.07. The lowest BCUT2D eigenvalue weighted by atomic mass is 10.1. The Hall–Kier alpha value is -3.24. The van der Waals surface area contributed by atoms with Crippen molar-refractivity contribution in [3.63, 3.8) is 0 Å². The maximum atomic E-state index is 13.6. The van der Waals surface area contributed by atoms with Crippen LogP contribution in [0.2, 0.25) is 0 Å². The molecule has 0 saturated carbocycles. The molecule has 6 nitrogen and oxygen atoms in total. The molecule has 0 atom stereocenters. The zero-order chi connectivity index (χ0) is 23.0. The van der Waals surface area contributed by atoms with Gasteiger partial charge in [-0.05, 0) is 56.2 Å². The molecule has 0 spiro atoms. The minimum absolute atomic E-state index is 0.0409. The fourth-order valence-corrected chi connectivity index (χ4v) is 3.08. The van der Waals surface area contributed by atoms with Crippen molar-refractivity contribution < 1.29 is 14.0 Å². The van der Waals surface area contributed by atoms with Crippen molar-refractivity contribution in [3.8, 4) is 6.07 Å². The van der Waals surface area contributed by atoms with Gasteiger partial charge in [-0.15, -0.1) is 0 Å². The first-order valence-electron chi connectivity index (χ1n) is 10.1. The number of halogens is 1. The van der Waals surface area contributed by atoms with Crippen molar-refractivity contribution in [1.82, 2.24) is 15.1 Å². The number of nitrogens with one attached hydrogen (secondary N) is 1. The van der Waals surface area contributed by atoms with Crippen molar-refractivity contribution in [1.29, 1.82) is 5.26 Å². The number of nitrogens with zero attached hydrogens (tertiary/aromatic N) is 3. The Morgan fingerprint density at radius 3 is 2.26 bits per heavy atom. The van der Waals surface area contributed by atoms with E-state index < -0.39 is 0 Å². The van der Waals surface area contributed by atoms with Crippen LogP contribution in [-0.2, 0) is 22.7 Å². The summed E-state index contributed by atoms with van der Waals surface area (Å²) in [6.45, 7) is 6.47. The standard InChI is InChI=1S/C24H29FN4O2/c1-24(2,3)27-22(30)16-28(4)23(31)17-29(15-20-6-5-7-21(25)12-20)14-19-10-8-18(13-26)9-11-19/h5-12H,14-17H2,1-4H3,(H,27,30). The Morgan fingerprint density at radius 2 is 1.68 bits per heavy atom. The lowest BCUT2D eigenvalue weighted by molar-refractivity contribution is -0.136. The highest BCUT2D eigenvalue weighted by Gasteiger charge is 2.20. The zero-order valence-corrected chi connectivity index (χ0v) is 18.5. The summed E-state index contributed by atoms with van der Waals surface area (Å²) in [7, 11) is 1.59. The van der Waals surface area contributed by atoms with Gasteiger partial charge in [0.05, 0.1) is 24.7 Å². The lowest BCUT2D eigenvalue weighted by Crippen LogP contribution is -2.47. The molecule has 0 saturated heterocycles. The van der Waals surface area contributed by atoms with Crippen LogP contribution >= 0.6 is 0 Å². The molecule has 2 rings (SSSR count). The number of carbonyl (C=O) groups excluding carboxylic acids is 2. The highest BCUT2D eigenvalue weighted by Crippen LogP contribution is 2.13. The second-order valence-electron chi connectivity index (χ2n) is 8.63. The van der Waals surface area contributed by atoms with E-state index in [-0.39, 0.29) is 36.3 Å². The molecule has 0 bridgehead atoms. The van der Waals surface area contributed by atoms with E-state index in [0.29, 0.717) is 18.7 Å². The molecule has 0 aliphatic carbocycles. The molecule has 7 heteroatoms. The van der Waals surface area contributed by atoms with Crippen molar-refractivity contribution in [2.45, 2.75) is 39.4 Å². The van der Waals surface area contributed by atoms with Crippen LogP contribution in [0.25, 0.3) is 0 Å². The molecule has 2 amide bonds. The molecule has 0 fully saturated rings. The molecule has 2 aromatic carbocycles. The first-order valence-corrected chi connectivity index (χ1v) is 10.1. The van der Waals surface area contributed by atoms with Gasteiger partial charge in [0.2, 0.25) is 11.8 Å². The van der Waals surface area contributed by atoms with E-state index in [2.05, 4.69) is 11.4 Å². The SMILES string of the molecule is CN(CC(=O)NC(C)(C)C)C(=O)CN(Cc1ccc(C#N)cc1)Cc1cccc(F)c1. The molecule has 0 aliphatic rings. The number of hydrogen-bond acceptors (Lipinski definition) is 4. The second-order valence-corrected chi connectivity index (χ2v) is 8.63. The highest BCUT2D eigenvalue weighted by atomic mass is 19.1. The second kappa shape index (κ2) is 10.7. The number of amides is 2. The first-order chi connectivity index (χ1) is 14.6. The zero-order valence-electron chi connectivity index (χ0n) is 18.5. The molecule has 0 radical (unpaired) electrons. The largest absolute Gasteiger partial charge is 0.350 e. The third kappa shape index (κ3) is 8.57. The minimum Gasteiger partial charge on any atom is -0.350 e. The fraction of sp³-hybridized carbons (Fsp3) is 0.375. The van der Waals surface area contributed by atoms with E-state index in [4.69, 9.17) is 5.26 Å². The Kier molecular flexibility index (Phi) is 8.29. The first kappa shape index (κ1) is 24.0. The van der Waals surface area contributed by atoms with Gasteiger partial charge in [0.15, 0.2) is 0 Å². The van der Waals surface area contributed by atoms with Gasteiger partial charge < -0.3 is 10.2 Å². The molecule has 2 aromatic rings. The van der Waals surface area contributed by atoms with Gasteiger partial charge in [-0.3, -0.25) is 14.5 Å². The van der Waals surface area contributed by atoms with Crippen LogP contribution in [0.5, 0.6) is 0 Å². The van der Waals surface area contributed by atoms with E-state index >= 15 is 0 Å². The molecule has 0 aromatic heterocycles. The maximum absolute atomic E-state index is 13.6. The lowest BCUT2D eigenvalue weighted by Gasteiger charge is -2.26. The Balaban J connectivity index is 2.10. The number of likely N-dealkylation sites (N-methyl/N-ethyl adjacent to an activating group) is 1. The van der Waals surface area contributed by atoms with Crippen molar-refractivity contribution in [3.05, 3.63) is 71.0 Å².